The summed E-state index contributed by atoms with van der Waals surface area (Å²) in [6, 6.07) is 4.19. The van der Waals surface area contributed by atoms with Gasteiger partial charge in [-0.15, -0.1) is 0 Å². The van der Waals surface area contributed by atoms with Crippen LogP contribution >= 0.6 is 11.6 Å². The molecule has 0 radical (unpaired) electrons. The predicted molar refractivity (Wildman–Crippen MR) is 63.2 cm³/mol. The van der Waals surface area contributed by atoms with Crippen LogP contribution in [0.25, 0.3) is 0 Å². The van der Waals surface area contributed by atoms with Gasteiger partial charge in [-0.3, -0.25) is 4.79 Å². The van der Waals surface area contributed by atoms with Crippen LogP contribution in [0.2, 0.25) is 5.02 Å². The molecule has 0 fully saturated rings. The highest BCUT2D eigenvalue weighted by atomic mass is 35.5. The van der Waals surface area contributed by atoms with Crippen molar-refractivity contribution >= 4 is 23.2 Å². The van der Waals surface area contributed by atoms with Crippen molar-refractivity contribution in [3.63, 3.8) is 0 Å². The van der Waals surface area contributed by atoms with Crippen LogP contribution in [-0.2, 0) is 9.53 Å². The number of anilines is 1. The van der Waals surface area contributed by atoms with E-state index in [9.17, 15) is 13.6 Å². The maximum Gasteiger partial charge on any atom is 0.261 e. The predicted octanol–water partition coefficient (Wildman–Crippen LogP) is 2.66. The summed E-state index contributed by atoms with van der Waals surface area (Å²) in [7, 11) is 0. The van der Waals surface area contributed by atoms with E-state index in [1.807, 2.05) is 0 Å². The molecule has 7 heteroatoms. The van der Waals surface area contributed by atoms with E-state index in [1.54, 1.807) is 0 Å². The first-order valence-corrected chi connectivity index (χ1v) is 5.51. The van der Waals surface area contributed by atoms with Crippen molar-refractivity contribution in [2.75, 3.05) is 18.5 Å². The fourth-order valence-electron chi connectivity index (χ4n) is 1.15. The van der Waals surface area contributed by atoms with E-state index in [0.717, 1.165) is 0 Å². The first kappa shape index (κ1) is 14.7. The molecule has 0 heterocycles. The van der Waals surface area contributed by atoms with E-state index in [4.69, 9.17) is 16.7 Å². The number of rotatable bonds is 6. The van der Waals surface area contributed by atoms with Crippen molar-refractivity contribution in [2.45, 2.75) is 12.8 Å². The molecular weight excluding hydrogens is 268 g/mol. The molecule has 4 nitrogen and oxygen atoms in total. The van der Waals surface area contributed by atoms with Crippen LogP contribution in [0, 0.1) is 0 Å². The summed E-state index contributed by atoms with van der Waals surface area (Å²) in [6.45, 7) is -0.764. The van der Waals surface area contributed by atoms with Crippen LogP contribution in [0.3, 0.4) is 0 Å². The zero-order chi connectivity index (χ0) is 13.5. The number of hydrogen-bond donors (Lipinski definition) is 2. The van der Waals surface area contributed by atoms with Gasteiger partial charge in [0.05, 0.1) is 18.1 Å². The number of hydrogen-bond acceptors (Lipinski definition) is 3. The Bertz CT molecular complexity index is 415. The monoisotopic (exact) mass is 279 g/mol. The molecule has 1 rings (SSSR count). The number of ether oxygens (including phenoxy) is 1. The van der Waals surface area contributed by atoms with Gasteiger partial charge in [0, 0.05) is 5.69 Å². The Morgan fingerprint density at radius 2 is 2.22 bits per heavy atom. The maximum atomic E-state index is 11.7. The van der Waals surface area contributed by atoms with Gasteiger partial charge in [-0.1, -0.05) is 11.6 Å². The molecule has 2 N–H and O–H groups in total. The molecule has 18 heavy (non-hydrogen) atoms. The maximum absolute atomic E-state index is 11.7. The summed E-state index contributed by atoms with van der Waals surface area (Å²) in [6.07, 6.45) is -2.57. The second kappa shape index (κ2) is 7.13. The zero-order valence-corrected chi connectivity index (χ0v) is 10.1. The zero-order valence-electron chi connectivity index (χ0n) is 9.33. The van der Waals surface area contributed by atoms with Crippen LogP contribution in [0.4, 0.5) is 14.5 Å². The van der Waals surface area contributed by atoms with Crippen molar-refractivity contribution < 1.29 is 23.4 Å². The van der Waals surface area contributed by atoms with Crippen molar-refractivity contribution in [1.29, 1.82) is 0 Å². The highest BCUT2D eigenvalue weighted by molar-refractivity contribution is 6.32. The van der Waals surface area contributed by atoms with E-state index in [0.29, 0.717) is 5.69 Å². The van der Waals surface area contributed by atoms with Crippen molar-refractivity contribution in [3.05, 3.63) is 23.2 Å². The molecule has 0 bridgehead atoms. The molecule has 0 spiro atoms. The fraction of sp³-hybridized carbons (Fsp3) is 0.364. The standard InChI is InChI=1S/C11H12ClF2NO3/c12-8-5-7(1-2-9(8)16)15-11(17)3-4-18-6-10(13)14/h1-2,5,10,16H,3-4,6H2,(H,15,17). The second-order valence-electron chi connectivity index (χ2n) is 3.43. The lowest BCUT2D eigenvalue weighted by Crippen LogP contribution is -2.15. The van der Waals surface area contributed by atoms with Gasteiger partial charge in [-0.2, -0.15) is 0 Å². The third-order valence-electron chi connectivity index (χ3n) is 1.95. The van der Waals surface area contributed by atoms with E-state index < -0.39 is 13.0 Å². The number of carbonyl (C=O) groups is 1. The topological polar surface area (TPSA) is 58.6 Å². The number of nitrogens with one attached hydrogen (secondary N) is 1. The molecule has 0 aromatic heterocycles. The van der Waals surface area contributed by atoms with Crippen LogP contribution < -0.4 is 5.32 Å². The van der Waals surface area contributed by atoms with Gasteiger partial charge in [-0.25, -0.2) is 8.78 Å². The van der Waals surface area contributed by atoms with Crippen molar-refractivity contribution in [3.8, 4) is 5.75 Å². The molecule has 0 saturated heterocycles. The first-order valence-electron chi connectivity index (χ1n) is 5.13. The van der Waals surface area contributed by atoms with Gasteiger partial charge in [0.15, 0.2) is 0 Å². The van der Waals surface area contributed by atoms with Crippen molar-refractivity contribution in [2.24, 2.45) is 0 Å². The van der Waals surface area contributed by atoms with Gasteiger partial charge in [-0.05, 0) is 18.2 Å². The molecule has 0 unspecified atom stereocenters. The minimum Gasteiger partial charge on any atom is -0.506 e. The molecule has 0 atom stereocenters. The molecule has 0 saturated carbocycles. The normalized spacial score (nSPS) is 10.7. The average molecular weight is 280 g/mol. The molecule has 100 valence electrons. The molecular formula is C11H12ClF2NO3. The van der Waals surface area contributed by atoms with Crippen LogP contribution in [-0.4, -0.2) is 30.7 Å². The Morgan fingerprint density at radius 3 is 2.83 bits per heavy atom. The number of aromatic hydroxyl groups is 1. The molecule has 0 aliphatic heterocycles. The van der Waals surface area contributed by atoms with Gasteiger partial charge in [0.1, 0.15) is 12.4 Å². The molecule has 1 aromatic rings. The van der Waals surface area contributed by atoms with E-state index in [2.05, 4.69) is 10.1 Å². The number of amides is 1. The summed E-state index contributed by atoms with van der Waals surface area (Å²) in [5, 5.41) is 11.8. The minimum absolute atomic E-state index is 0.0365. The lowest BCUT2D eigenvalue weighted by atomic mass is 10.3. The molecule has 1 amide bonds. The Labute approximate surface area is 108 Å². The highest BCUT2D eigenvalue weighted by Crippen LogP contribution is 2.25. The SMILES string of the molecule is O=C(CCOCC(F)F)Nc1ccc(O)c(Cl)c1. The third kappa shape index (κ3) is 5.29. The smallest absolute Gasteiger partial charge is 0.261 e. The number of benzene rings is 1. The number of carbonyl (C=O) groups excluding carboxylic acids is 1. The summed E-state index contributed by atoms with van der Waals surface area (Å²) >= 11 is 5.65. The number of phenolic OH excluding ortho intramolecular Hbond substituents is 1. The summed E-state index contributed by atoms with van der Waals surface area (Å²) in [5.41, 5.74) is 0.414. The quantitative estimate of drug-likeness (QED) is 0.622. The first-order chi connectivity index (χ1) is 8.49. The summed E-state index contributed by atoms with van der Waals surface area (Å²) in [4.78, 5) is 11.4. The lowest BCUT2D eigenvalue weighted by Gasteiger charge is -2.07. The number of alkyl halides is 2. The molecule has 1 aromatic carbocycles. The highest BCUT2D eigenvalue weighted by Gasteiger charge is 2.06. The van der Waals surface area contributed by atoms with Gasteiger partial charge in [0.2, 0.25) is 5.91 Å². The Hall–Kier alpha value is -1.40. The van der Waals surface area contributed by atoms with Gasteiger partial charge in [0.25, 0.3) is 6.43 Å². The van der Waals surface area contributed by atoms with Crippen LogP contribution in [0.1, 0.15) is 6.42 Å². The largest absolute Gasteiger partial charge is 0.506 e. The van der Waals surface area contributed by atoms with Gasteiger partial charge < -0.3 is 15.2 Å². The average Bonchev–Trinajstić information content (AvgIpc) is 2.29. The van der Waals surface area contributed by atoms with E-state index in [1.165, 1.54) is 18.2 Å². The Kier molecular flexibility index (Phi) is 5.80. The van der Waals surface area contributed by atoms with Crippen LogP contribution in [0.15, 0.2) is 18.2 Å². The Morgan fingerprint density at radius 1 is 1.50 bits per heavy atom. The van der Waals surface area contributed by atoms with Crippen LogP contribution in [0.5, 0.6) is 5.75 Å². The Balaban J connectivity index is 2.33. The lowest BCUT2D eigenvalue weighted by molar-refractivity contribution is -0.117. The fourth-order valence-corrected chi connectivity index (χ4v) is 1.33. The summed E-state index contributed by atoms with van der Waals surface area (Å²) < 4.78 is 28.0. The second-order valence-corrected chi connectivity index (χ2v) is 3.84. The minimum atomic E-state index is -2.54. The summed E-state index contributed by atoms with van der Waals surface area (Å²) in [5.74, 6) is -0.471. The van der Waals surface area contributed by atoms with E-state index >= 15 is 0 Å². The van der Waals surface area contributed by atoms with E-state index in [-0.39, 0.29) is 29.7 Å². The number of phenols is 1. The third-order valence-corrected chi connectivity index (χ3v) is 2.25. The number of halogens is 3. The van der Waals surface area contributed by atoms with Gasteiger partial charge >= 0.3 is 0 Å². The molecule has 0 aliphatic carbocycles. The molecule has 0 aliphatic rings. The van der Waals surface area contributed by atoms with Crippen molar-refractivity contribution in [1.82, 2.24) is 0 Å².